The van der Waals surface area contributed by atoms with E-state index in [9.17, 15) is 0 Å². The van der Waals surface area contributed by atoms with Crippen LogP contribution in [0.25, 0.3) is 11.2 Å². The number of nitrogen functional groups attached to an aromatic ring is 1. The van der Waals surface area contributed by atoms with E-state index in [1.165, 1.54) is 0 Å². The zero-order valence-corrected chi connectivity index (χ0v) is 11.2. The summed E-state index contributed by atoms with van der Waals surface area (Å²) in [7, 11) is 0. The van der Waals surface area contributed by atoms with Gasteiger partial charge in [0, 0.05) is 6.20 Å². The highest BCUT2D eigenvalue weighted by Gasteiger charge is 2.16. The van der Waals surface area contributed by atoms with Crippen LogP contribution in [0.1, 0.15) is 18.5 Å². The number of halogens is 1. The molecule has 0 aliphatic rings. The molecule has 1 atom stereocenters. The third kappa shape index (κ3) is 2.04. The molecule has 0 aliphatic heterocycles. The van der Waals surface area contributed by atoms with E-state index in [2.05, 4.69) is 29.0 Å². The van der Waals surface area contributed by atoms with Gasteiger partial charge in [-0.1, -0.05) is 41.9 Å². The van der Waals surface area contributed by atoms with Gasteiger partial charge in [0.15, 0.2) is 5.65 Å². The molecule has 1 unspecified atom stereocenters. The van der Waals surface area contributed by atoms with Crippen LogP contribution < -0.4 is 5.73 Å². The summed E-state index contributed by atoms with van der Waals surface area (Å²) in [5, 5.41) is 0.560. The molecule has 0 radical (unpaired) electrons. The number of pyridine rings is 1. The van der Waals surface area contributed by atoms with E-state index in [0.29, 0.717) is 16.5 Å². The minimum absolute atomic E-state index is 0.0693. The number of hydrogen-bond acceptors (Lipinski definition) is 3. The van der Waals surface area contributed by atoms with Crippen molar-refractivity contribution in [2.45, 2.75) is 13.0 Å². The van der Waals surface area contributed by atoms with E-state index in [4.69, 9.17) is 17.3 Å². The van der Waals surface area contributed by atoms with E-state index >= 15 is 0 Å². The van der Waals surface area contributed by atoms with Gasteiger partial charge in [-0.15, -0.1) is 0 Å². The van der Waals surface area contributed by atoms with Crippen LogP contribution in [-0.2, 0) is 0 Å². The molecule has 96 valence electrons. The van der Waals surface area contributed by atoms with Crippen molar-refractivity contribution in [2.75, 3.05) is 5.73 Å². The summed E-state index contributed by atoms with van der Waals surface area (Å²) in [6.45, 7) is 2.07. The molecule has 0 aliphatic carbocycles. The molecular weight excluding hydrogens is 260 g/mol. The van der Waals surface area contributed by atoms with Crippen molar-refractivity contribution in [1.29, 1.82) is 0 Å². The van der Waals surface area contributed by atoms with E-state index in [1.54, 1.807) is 12.3 Å². The Morgan fingerprint density at radius 1 is 1.26 bits per heavy atom. The van der Waals surface area contributed by atoms with Crippen LogP contribution in [0, 0.1) is 0 Å². The van der Waals surface area contributed by atoms with Gasteiger partial charge in [-0.05, 0) is 18.6 Å². The standard InChI is InChI=1S/C14H13ClN4/c1-9(10-5-3-2-4-6-10)19-13-12(18-14(19)16)7-11(15)8-17-13/h2-9H,1H3,(H2,16,18). The predicted octanol–water partition coefficient (Wildman–Crippen LogP) is 3.28. The average Bonchev–Trinajstić information content (AvgIpc) is 2.74. The smallest absolute Gasteiger partial charge is 0.203 e. The lowest BCUT2D eigenvalue weighted by molar-refractivity contribution is 0.662. The summed E-state index contributed by atoms with van der Waals surface area (Å²) in [6, 6.07) is 12.0. The van der Waals surface area contributed by atoms with Gasteiger partial charge in [0.2, 0.25) is 5.95 Å². The first kappa shape index (κ1) is 12.0. The highest BCUT2D eigenvalue weighted by atomic mass is 35.5. The molecule has 0 bridgehead atoms. The molecule has 0 spiro atoms. The fourth-order valence-corrected chi connectivity index (χ4v) is 2.39. The lowest BCUT2D eigenvalue weighted by Gasteiger charge is -2.15. The Balaban J connectivity index is 2.17. The third-order valence-electron chi connectivity index (χ3n) is 3.19. The summed E-state index contributed by atoms with van der Waals surface area (Å²) >= 11 is 5.92. The van der Waals surface area contributed by atoms with Gasteiger partial charge in [-0.25, -0.2) is 9.97 Å². The normalized spacial score (nSPS) is 12.7. The molecule has 5 heteroatoms. The van der Waals surface area contributed by atoms with Crippen LogP contribution in [-0.4, -0.2) is 14.5 Å². The van der Waals surface area contributed by atoms with E-state index in [1.807, 2.05) is 22.8 Å². The SMILES string of the molecule is CC(c1ccccc1)n1c(N)nc2cc(Cl)cnc21. The molecule has 2 N–H and O–H groups in total. The van der Waals surface area contributed by atoms with Crippen LogP contribution in [0.2, 0.25) is 5.02 Å². The van der Waals surface area contributed by atoms with E-state index in [-0.39, 0.29) is 6.04 Å². The van der Waals surface area contributed by atoms with Crippen LogP contribution in [0.4, 0.5) is 5.95 Å². The maximum absolute atomic E-state index is 6.01. The van der Waals surface area contributed by atoms with Crippen LogP contribution in [0.5, 0.6) is 0 Å². The number of anilines is 1. The summed E-state index contributed by atoms with van der Waals surface area (Å²) < 4.78 is 1.92. The quantitative estimate of drug-likeness (QED) is 0.779. The summed E-state index contributed by atoms with van der Waals surface area (Å²) in [4.78, 5) is 8.65. The first-order valence-electron chi connectivity index (χ1n) is 6.00. The molecular formula is C14H13ClN4. The van der Waals surface area contributed by atoms with Crippen molar-refractivity contribution in [3.05, 3.63) is 53.2 Å². The number of hydrogen-bond donors (Lipinski definition) is 1. The maximum atomic E-state index is 6.01. The Kier molecular flexibility index (Phi) is 2.87. The van der Waals surface area contributed by atoms with Gasteiger partial charge < -0.3 is 5.73 Å². The minimum Gasteiger partial charge on any atom is -0.369 e. The third-order valence-corrected chi connectivity index (χ3v) is 3.40. The second-order valence-corrected chi connectivity index (χ2v) is 4.86. The summed E-state index contributed by atoms with van der Waals surface area (Å²) in [6.07, 6.45) is 1.61. The van der Waals surface area contributed by atoms with E-state index < -0.39 is 0 Å². The van der Waals surface area contributed by atoms with Crippen molar-refractivity contribution >= 4 is 28.7 Å². The number of aromatic nitrogens is 3. The Bertz CT molecular complexity index is 721. The van der Waals surface area contributed by atoms with Gasteiger partial charge in [0.05, 0.1) is 11.1 Å². The molecule has 0 saturated heterocycles. The summed E-state index contributed by atoms with van der Waals surface area (Å²) in [5.74, 6) is 0.445. The van der Waals surface area contributed by atoms with Gasteiger partial charge in [0.25, 0.3) is 0 Å². The highest BCUT2D eigenvalue weighted by Crippen LogP contribution is 2.27. The lowest BCUT2D eigenvalue weighted by atomic mass is 10.1. The van der Waals surface area contributed by atoms with Crippen molar-refractivity contribution in [3.63, 3.8) is 0 Å². The number of rotatable bonds is 2. The highest BCUT2D eigenvalue weighted by molar-refractivity contribution is 6.31. The Labute approximate surface area is 115 Å². The molecule has 3 rings (SSSR count). The molecule has 2 heterocycles. The molecule has 0 amide bonds. The largest absolute Gasteiger partial charge is 0.369 e. The molecule has 1 aromatic carbocycles. The monoisotopic (exact) mass is 272 g/mol. The molecule has 2 aromatic heterocycles. The van der Waals surface area contributed by atoms with E-state index in [0.717, 1.165) is 11.2 Å². The second-order valence-electron chi connectivity index (χ2n) is 4.42. The average molecular weight is 273 g/mol. The zero-order chi connectivity index (χ0) is 13.4. The number of fused-ring (bicyclic) bond motifs is 1. The fraction of sp³-hybridized carbons (Fsp3) is 0.143. The van der Waals surface area contributed by atoms with Gasteiger partial charge in [0.1, 0.15) is 5.52 Å². The Morgan fingerprint density at radius 3 is 2.74 bits per heavy atom. The first-order valence-corrected chi connectivity index (χ1v) is 6.38. The molecule has 4 nitrogen and oxygen atoms in total. The summed E-state index contributed by atoms with van der Waals surface area (Å²) in [5.41, 5.74) is 8.63. The van der Waals surface area contributed by atoms with Crippen molar-refractivity contribution < 1.29 is 0 Å². The van der Waals surface area contributed by atoms with Gasteiger partial charge in [-0.3, -0.25) is 4.57 Å². The number of benzene rings is 1. The van der Waals surface area contributed by atoms with Crippen LogP contribution >= 0.6 is 11.6 Å². The van der Waals surface area contributed by atoms with Gasteiger partial charge >= 0.3 is 0 Å². The zero-order valence-electron chi connectivity index (χ0n) is 10.4. The number of imidazole rings is 1. The predicted molar refractivity (Wildman–Crippen MR) is 77.2 cm³/mol. The maximum Gasteiger partial charge on any atom is 0.203 e. The molecule has 0 saturated carbocycles. The molecule has 19 heavy (non-hydrogen) atoms. The van der Waals surface area contributed by atoms with Crippen LogP contribution in [0.3, 0.4) is 0 Å². The first-order chi connectivity index (χ1) is 9.16. The van der Waals surface area contributed by atoms with Crippen LogP contribution in [0.15, 0.2) is 42.6 Å². The van der Waals surface area contributed by atoms with Crippen molar-refractivity contribution in [1.82, 2.24) is 14.5 Å². The Morgan fingerprint density at radius 2 is 2.00 bits per heavy atom. The lowest BCUT2D eigenvalue weighted by Crippen LogP contribution is -2.10. The number of nitrogens with zero attached hydrogens (tertiary/aromatic N) is 3. The van der Waals surface area contributed by atoms with Gasteiger partial charge in [-0.2, -0.15) is 0 Å². The van der Waals surface area contributed by atoms with Crippen molar-refractivity contribution in [2.24, 2.45) is 0 Å². The minimum atomic E-state index is 0.0693. The Hall–Kier alpha value is -2.07. The van der Waals surface area contributed by atoms with Crippen molar-refractivity contribution in [3.8, 4) is 0 Å². The molecule has 0 fully saturated rings. The second kappa shape index (κ2) is 4.55. The fourth-order valence-electron chi connectivity index (χ4n) is 2.24. The number of nitrogens with two attached hydrogens (primary N) is 1. The topological polar surface area (TPSA) is 56.7 Å². The molecule has 3 aromatic rings.